The van der Waals surface area contributed by atoms with Crippen LogP contribution in [0, 0.1) is 0 Å². The highest BCUT2D eigenvalue weighted by Gasteiger charge is 2.18. The summed E-state index contributed by atoms with van der Waals surface area (Å²) in [5.74, 6) is 1.12. The number of ether oxygens (including phenoxy) is 1. The van der Waals surface area contributed by atoms with Crippen molar-refractivity contribution in [3.63, 3.8) is 0 Å². The molecule has 0 radical (unpaired) electrons. The van der Waals surface area contributed by atoms with Crippen LogP contribution in [0.4, 0.5) is 11.6 Å². The lowest BCUT2D eigenvalue weighted by Gasteiger charge is -2.24. The highest BCUT2D eigenvalue weighted by atomic mass is 32.2. The summed E-state index contributed by atoms with van der Waals surface area (Å²) in [6, 6.07) is 12.5. The molecule has 0 spiro atoms. The smallest absolute Gasteiger partial charge is 0.240 e. The molecule has 1 aromatic heterocycles. The van der Waals surface area contributed by atoms with Crippen LogP contribution < -0.4 is 20.1 Å². The first-order chi connectivity index (χ1) is 17.1. The summed E-state index contributed by atoms with van der Waals surface area (Å²) in [4.78, 5) is 11.6. The van der Waals surface area contributed by atoms with Gasteiger partial charge in [0.05, 0.1) is 4.90 Å². The number of anilines is 2. The van der Waals surface area contributed by atoms with Gasteiger partial charge in [-0.2, -0.15) is 0 Å². The van der Waals surface area contributed by atoms with Gasteiger partial charge in [-0.25, -0.2) is 23.1 Å². The van der Waals surface area contributed by atoms with E-state index in [1.807, 2.05) is 18.2 Å². The van der Waals surface area contributed by atoms with E-state index in [-0.39, 0.29) is 11.0 Å². The highest BCUT2D eigenvalue weighted by molar-refractivity contribution is 7.89. The molecular formula is C25H32N6O3S. The van der Waals surface area contributed by atoms with Gasteiger partial charge in [-0.15, -0.1) is 0 Å². The lowest BCUT2D eigenvalue weighted by atomic mass is 10.1. The fourth-order valence-corrected chi connectivity index (χ4v) is 5.64. The SMILES string of the molecule is O=S(=O)(NCCN1CCCC1)c1cccc(Nc2ncc3cccc(OC4CCNCC4)c3n2)c1. The number of benzene rings is 2. The number of aromatic nitrogens is 2. The minimum absolute atomic E-state index is 0.160. The molecule has 3 N–H and O–H groups in total. The van der Waals surface area contributed by atoms with Crippen molar-refractivity contribution in [2.24, 2.45) is 0 Å². The molecule has 2 fully saturated rings. The predicted octanol–water partition coefficient (Wildman–Crippen LogP) is 2.88. The number of rotatable bonds is 9. The predicted molar refractivity (Wildman–Crippen MR) is 137 cm³/mol. The molecule has 9 nitrogen and oxygen atoms in total. The van der Waals surface area contributed by atoms with Crippen molar-refractivity contribution < 1.29 is 13.2 Å². The molecule has 35 heavy (non-hydrogen) atoms. The molecule has 0 aliphatic carbocycles. The number of fused-ring (bicyclic) bond motifs is 1. The Hall–Kier alpha value is -2.79. The van der Waals surface area contributed by atoms with Crippen molar-refractivity contribution in [1.29, 1.82) is 0 Å². The summed E-state index contributed by atoms with van der Waals surface area (Å²) in [5, 5.41) is 7.39. The van der Waals surface area contributed by atoms with E-state index in [1.165, 1.54) is 12.8 Å². The summed E-state index contributed by atoms with van der Waals surface area (Å²) in [7, 11) is -3.61. The van der Waals surface area contributed by atoms with Gasteiger partial charge in [0.1, 0.15) is 17.4 Å². The summed E-state index contributed by atoms with van der Waals surface area (Å²) >= 11 is 0. The molecule has 10 heteroatoms. The van der Waals surface area contributed by atoms with Crippen LogP contribution in [0.15, 0.2) is 53.6 Å². The molecule has 186 valence electrons. The quantitative estimate of drug-likeness (QED) is 0.415. The Bertz CT molecular complexity index is 1260. The Morgan fingerprint density at radius 3 is 2.71 bits per heavy atom. The van der Waals surface area contributed by atoms with Crippen molar-refractivity contribution >= 4 is 32.6 Å². The van der Waals surface area contributed by atoms with Crippen LogP contribution in [-0.4, -0.2) is 68.7 Å². The van der Waals surface area contributed by atoms with Gasteiger partial charge in [0.15, 0.2) is 0 Å². The molecule has 0 bridgehead atoms. The van der Waals surface area contributed by atoms with E-state index < -0.39 is 10.0 Å². The first-order valence-electron chi connectivity index (χ1n) is 12.3. The van der Waals surface area contributed by atoms with Crippen molar-refractivity contribution in [3.8, 4) is 5.75 Å². The first-order valence-corrected chi connectivity index (χ1v) is 13.8. The second kappa shape index (κ2) is 10.9. The van der Waals surface area contributed by atoms with E-state index in [2.05, 4.69) is 30.2 Å². The van der Waals surface area contributed by atoms with E-state index in [4.69, 9.17) is 4.74 Å². The topological polar surface area (TPSA) is 108 Å². The zero-order chi connectivity index (χ0) is 24.1. The van der Waals surface area contributed by atoms with E-state index >= 15 is 0 Å². The van der Waals surface area contributed by atoms with Gasteiger partial charge < -0.3 is 20.3 Å². The van der Waals surface area contributed by atoms with E-state index in [1.54, 1.807) is 30.5 Å². The Balaban J connectivity index is 1.29. The number of piperidine rings is 1. The molecule has 0 saturated carbocycles. The van der Waals surface area contributed by atoms with Crippen LogP contribution in [0.1, 0.15) is 25.7 Å². The number of likely N-dealkylation sites (tertiary alicyclic amines) is 1. The summed E-state index contributed by atoms with van der Waals surface area (Å²) in [6.45, 7) is 5.10. The fourth-order valence-electron chi connectivity index (χ4n) is 4.57. The molecule has 3 heterocycles. The van der Waals surface area contributed by atoms with Crippen LogP contribution in [-0.2, 0) is 10.0 Å². The van der Waals surface area contributed by atoms with Gasteiger partial charge in [0.2, 0.25) is 16.0 Å². The molecule has 5 rings (SSSR count). The third kappa shape index (κ3) is 6.07. The Morgan fingerprint density at radius 2 is 1.89 bits per heavy atom. The van der Waals surface area contributed by atoms with Crippen LogP contribution in [0.3, 0.4) is 0 Å². The third-order valence-electron chi connectivity index (χ3n) is 6.47. The zero-order valence-corrected chi connectivity index (χ0v) is 20.6. The zero-order valence-electron chi connectivity index (χ0n) is 19.7. The Morgan fingerprint density at radius 1 is 1.09 bits per heavy atom. The molecule has 2 saturated heterocycles. The Labute approximate surface area is 206 Å². The van der Waals surface area contributed by atoms with Gasteiger partial charge in [0, 0.05) is 30.4 Å². The van der Waals surface area contributed by atoms with Crippen molar-refractivity contribution in [3.05, 3.63) is 48.7 Å². The van der Waals surface area contributed by atoms with Gasteiger partial charge >= 0.3 is 0 Å². The van der Waals surface area contributed by atoms with Crippen LogP contribution in [0.2, 0.25) is 0 Å². The molecule has 2 aliphatic heterocycles. The average Bonchev–Trinajstić information content (AvgIpc) is 3.39. The minimum atomic E-state index is -3.61. The first kappa shape index (κ1) is 23.9. The lowest BCUT2D eigenvalue weighted by molar-refractivity contribution is 0.164. The summed E-state index contributed by atoms with van der Waals surface area (Å²) < 4.78 is 34.6. The monoisotopic (exact) mass is 496 g/mol. The maximum absolute atomic E-state index is 12.8. The molecule has 0 unspecified atom stereocenters. The van der Waals surface area contributed by atoms with Crippen LogP contribution in [0.25, 0.3) is 10.9 Å². The number of para-hydroxylation sites is 1. The summed E-state index contributed by atoms with van der Waals surface area (Å²) in [6.07, 6.45) is 6.19. The second-order valence-corrected chi connectivity index (χ2v) is 10.8. The van der Waals surface area contributed by atoms with Gasteiger partial charge in [-0.1, -0.05) is 18.2 Å². The fraction of sp³-hybridized carbons (Fsp3) is 0.440. The molecular weight excluding hydrogens is 464 g/mol. The standard InChI is InChI=1S/C25H32N6O3S/c32-35(33,28-13-16-31-14-1-2-15-31)22-7-4-6-20(17-22)29-25-27-18-19-5-3-8-23(24(19)30-25)34-21-9-11-26-12-10-21/h3-8,17-18,21,26,28H,1-2,9-16H2,(H,27,29,30). The molecule has 3 aromatic rings. The van der Waals surface area contributed by atoms with Crippen LogP contribution >= 0.6 is 0 Å². The van der Waals surface area contributed by atoms with Gasteiger partial charge in [0.25, 0.3) is 0 Å². The highest BCUT2D eigenvalue weighted by Crippen LogP contribution is 2.27. The number of nitrogens with zero attached hydrogens (tertiary/aromatic N) is 3. The minimum Gasteiger partial charge on any atom is -0.488 e. The van der Waals surface area contributed by atoms with E-state index in [0.717, 1.165) is 62.2 Å². The van der Waals surface area contributed by atoms with Crippen molar-refractivity contribution in [1.82, 2.24) is 24.9 Å². The van der Waals surface area contributed by atoms with Gasteiger partial charge in [-0.3, -0.25) is 0 Å². The maximum atomic E-state index is 12.8. The van der Waals surface area contributed by atoms with Crippen molar-refractivity contribution in [2.45, 2.75) is 36.7 Å². The number of nitrogens with one attached hydrogen (secondary N) is 3. The maximum Gasteiger partial charge on any atom is 0.240 e. The lowest BCUT2D eigenvalue weighted by Crippen LogP contribution is -2.34. The van der Waals surface area contributed by atoms with E-state index in [0.29, 0.717) is 18.2 Å². The summed E-state index contributed by atoms with van der Waals surface area (Å²) in [5.41, 5.74) is 1.33. The second-order valence-electron chi connectivity index (χ2n) is 9.05. The van der Waals surface area contributed by atoms with Crippen LogP contribution in [0.5, 0.6) is 5.75 Å². The number of sulfonamides is 1. The molecule has 0 amide bonds. The number of hydrogen-bond donors (Lipinski definition) is 3. The van der Waals surface area contributed by atoms with Crippen molar-refractivity contribution in [2.75, 3.05) is 44.6 Å². The molecule has 2 aliphatic rings. The largest absolute Gasteiger partial charge is 0.488 e. The molecule has 2 aromatic carbocycles. The normalized spacial score (nSPS) is 17.6. The average molecular weight is 497 g/mol. The molecule has 0 atom stereocenters. The number of hydrogen-bond acceptors (Lipinski definition) is 8. The third-order valence-corrected chi connectivity index (χ3v) is 7.93. The van der Waals surface area contributed by atoms with Gasteiger partial charge in [-0.05, 0) is 76.1 Å². The van der Waals surface area contributed by atoms with E-state index in [9.17, 15) is 8.42 Å². The Kier molecular flexibility index (Phi) is 7.43.